The van der Waals surface area contributed by atoms with Gasteiger partial charge in [0.25, 0.3) is 5.91 Å². The number of likely N-dealkylation sites (N-methyl/N-ethyl adjacent to an activating group) is 1. The quantitative estimate of drug-likeness (QED) is 0.780. The number of halogens is 1. The zero-order valence-electron chi connectivity index (χ0n) is 10.8. The molecule has 1 unspecified atom stereocenters. The fraction of sp³-hybridized carbons (Fsp3) is 0.538. The Kier molecular flexibility index (Phi) is 4.19. The van der Waals surface area contributed by atoms with Crippen LogP contribution in [0, 0.1) is 0 Å². The lowest BCUT2D eigenvalue weighted by atomic mass is 10.2. The molecule has 0 radical (unpaired) electrons. The third-order valence-corrected chi connectivity index (χ3v) is 3.61. The van der Waals surface area contributed by atoms with Crippen molar-refractivity contribution in [3.05, 3.63) is 29.0 Å². The van der Waals surface area contributed by atoms with Crippen LogP contribution in [0.5, 0.6) is 0 Å². The smallest absolute Gasteiger partial charge is 0.255 e. The summed E-state index contributed by atoms with van der Waals surface area (Å²) in [7, 11) is 2.09. The molecule has 0 saturated carbocycles. The lowest BCUT2D eigenvalue weighted by molar-refractivity contribution is 0.0696. The van der Waals surface area contributed by atoms with Crippen LogP contribution in [0.1, 0.15) is 23.7 Å². The van der Waals surface area contributed by atoms with Gasteiger partial charge in [-0.3, -0.25) is 9.78 Å². The average Bonchev–Trinajstić information content (AvgIpc) is 2.50. The highest BCUT2D eigenvalue weighted by atomic mass is 35.5. The normalized spacial score (nSPS) is 21.7. The lowest BCUT2D eigenvalue weighted by Crippen LogP contribution is -2.42. The molecule has 1 aromatic rings. The van der Waals surface area contributed by atoms with Crippen LogP contribution in [-0.2, 0) is 0 Å². The number of carbonyl (C=O) groups excluding carboxylic acids is 1. The third kappa shape index (κ3) is 2.82. The Labute approximate surface area is 113 Å². The second kappa shape index (κ2) is 5.67. The highest BCUT2D eigenvalue weighted by molar-refractivity contribution is 6.33. The van der Waals surface area contributed by atoms with Gasteiger partial charge in [-0.1, -0.05) is 11.6 Å². The zero-order valence-corrected chi connectivity index (χ0v) is 11.5. The van der Waals surface area contributed by atoms with Crippen molar-refractivity contribution < 1.29 is 4.79 Å². The van der Waals surface area contributed by atoms with Gasteiger partial charge in [-0.2, -0.15) is 0 Å². The fourth-order valence-electron chi connectivity index (χ4n) is 2.38. The van der Waals surface area contributed by atoms with E-state index in [1.165, 1.54) is 6.20 Å². The van der Waals surface area contributed by atoms with Crippen LogP contribution < -0.4 is 0 Å². The van der Waals surface area contributed by atoms with Crippen molar-refractivity contribution in [1.82, 2.24) is 14.8 Å². The monoisotopic (exact) mass is 267 g/mol. The van der Waals surface area contributed by atoms with E-state index in [0.717, 1.165) is 26.1 Å². The predicted octanol–water partition coefficient (Wildman–Crippen LogP) is 1.90. The number of carbonyl (C=O) groups is 1. The first-order chi connectivity index (χ1) is 8.59. The van der Waals surface area contributed by atoms with E-state index in [0.29, 0.717) is 10.6 Å². The SMILES string of the molecule is CC1CN(C)CCCN1C(=O)c1ccncc1Cl. The Hall–Kier alpha value is -1.13. The van der Waals surface area contributed by atoms with Crippen LogP contribution in [0.2, 0.25) is 5.02 Å². The standard InChI is InChI=1S/C13H18ClN3O/c1-10-9-16(2)6-3-7-17(10)13(18)11-4-5-15-8-12(11)14/h4-5,8,10H,3,6-7,9H2,1-2H3. The number of hydrogen-bond acceptors (Lipinski definition) is 3. The predicted molar refractivity (Wildman–Crippen MR) is 71.9 cm³/mol. The first-order valence-corrected chi connectivity index (χ1v) is 6.56. The summed E-state index contributed by atoms with van der Waals surface area (Å²) >= 11 is 6.04. The Morgan fingerprint density at radius 1 is 1.50 bits per heavy atom. The van der Waals surface area contributed by atoms with Gasteiger partial charge in [-0.05, 0) is 33.0 Å². The molecule has 5 heteroatoms. The minimum Gasteiger partial charge on any atom is -0.335 e. The molecule has 1 aliphatic rings. The molecular weight excluding hydrogens is 250 g/mol. The number of aromatic nitrogens is 1. The second-order valence-corrected chi connectivity index (χ2v) is 5.23. The van der Waals surface area contributed by atoms with Gasteiger partial charge in [0.2, 0.25) is 0 Å². The van der Waals surface area contributed by atoms with Gasteiger partial charge >= 0.3 is 0 Å². The van der Waals surface area contributed by atoms with Gasteiger partial charge in [-0.25, -0.2) is 0 Å². The van der Waals surface area contributed by atoms with E-state index in [-0.39, 0.29) is 11.9 Å². The molecule has 0 bridgehead atoms. The van der Waals surface area contributed by atoms with E-state index >= 15 is 0 Å². The largest absolute Gasteiger partial charge is 0.335 e. The Bertz CT molecular complexity index is 438. The van der Waals surface area contributed by atoms with Crippen molar-refractivity contribution in [1.29, 1.82) is 0 Å². The van der Waals surface area contributed by atoms with Crippen LogP contribution in [-0.4, -0.2) is 53.4 Å². The summed E-state index contributed by atoms with van der Waals surface area (Å²) in [6, 6.07) is 1.89. The number of hydrogen-bond donors (Lipinski definition) is 0. The minimum atomic E-state index is 0.00481. The summed E-state index contributed by atoms with van der Waals surface area (Å²) in [6.45, 7) is 4.78. The number of amides is 1. The van der Waals surface area contributed by atoms with Crippen LogP contribution in [0.15, 0.2) is 18.5 Å². The van der Waals surface area contributed by atoms with E-state index in [4.69, 9.17) is 11.6 Å². The molecule has 18 heavy (non-hydrogen) atoms. The van der Waals surface area contributed by atoms with E-state index in [1.807, 2.05) is 4.90 Å². The fourth-order valence-corrected chi connectivity index (χ4v) is 2.58. The Balaban J connectivity index is 2.20. The lowest BCUT2D eigenvalue weighted by Gasteiger charge is -2.28. The van der Waals surface area contributed by atoms with E-state index in [2.05, 4.69) is 23.9 Å². The molecule has 0 spiro atoms. The highest BCUT2D eigenvalue weighted by Crippen LogP contribution is 2.19. The van der Waals surface area contributed by atoms with Crippen LogP contribution in [0.3, 0.4) is 0 Å². The molecule has 2 rings (SSSR count). The first-order valence-electron chi connectivity index (χ1n) is 6.18. The number of nitrogens with zero attached hydrogens (tertiary/aromatic N) is 3. The number of rotatable bonds is 1. The van der Waals surface area contributed by atoms with Crippen molar-refractivity contribution in [3.63, 3.8) is 0 Å². The molecule has 0 aliphatic carbocycles. The number of pyridine rings is 1. The molecule has 98 valence electrons. The van der Waals surface area contributed by atoms with Gasteiger partial charge in [0.1, 0.15) is 0 Å². The molecular formula is C13H18ClN3O. The molecule has 1 saturated heterocycles. The van der Waals surface area contributed by atoms with Crippen molar-refractivity contribution in [3.8, 4) is 0 Å². The van der Waals surface area contributed by atoms with Gasteiger partial charge in [0, 0.05) is 31.5 Å². The molecule has 4 nitrogen and oxygen atoms in total. The molecule has 1 aromatic heterocycles. The summed E-state index contributed by atoms with van der Waals surface area (Å²) in [5, 5.41) is 0.423. The van der Waals surface area contributed by atoms with Gasteiger partial charge in [0.15, 0.2) is 0 Å². The third-order valence-electron chi connectivity index (χ3n) is 3.31. The summed E-state index contributed by atoms with van der Waals surface area (Å²) in [5.41, 5.74) is 0.545. The maximum Gasteiger partial charge on any atom is 0.255 e. The van der Waals surface area contributed by atoms with Crippen molar-refractivity contribution in [2.45, 2.75) is 19.4 Å². The van der Waals surface area contributed by atoms with Crippen LogP contribution >= 0.6 is 11.6 Å². The molecule has 0 aromatic carbocycles. The van der Waals surface area contributed by atoms with Crippen molar-refractivity contribution in [2.75, 3.05) is 26.7 Å². The van der Waals surface area contributed by atoms with Gasteiger partial charge < -0.3 is 9.80 Å². The molecule has 1 atom stereocenters. The maximum absolute atomic E-state index is 12.5. The molecule has 2 heterocycles. The molecule has 0 N–H and O–H groups in total. The van der Waals surface area contributed by atoms with Crippen molar-refractivity contribution >= 4 is 17.5 Å². The van der Waals surface area contributed by atoms with Crippen LogP contribution in [0.4, 0.5) is 0 Å². The van der Waals surface area contributed by atoms with Crippen molar-refractivity contribution in [2.24, 2.45) is 0 Å². The maximum atomic E-state index is 12.5. The zero-order chi connectivity index (χ0) is 13.1. The Morgan fingerprint density at radius 3 is 3.00 bits per heavy atom. The Morgan fingerprint density at radius 2 is 2.28 bits per heavy atom. The van der Waals surface area contributed by atoms with Crippen LogP contribution in [0.25, 0.3) is 0 Å². The minimum absolute atomic E-state index is 0.00481. The van der Waals surface area contributed by atoms with E-state index < -0.39 is 0 Å². The first kappa shape index (κ1) is 13.3. The summed E-state index contributed by atoms with van der Waals surface area (Å²) < 4.78 is 0. The van der Waals surface area contributed by atoms with Gasteiger partial charge in [0.05, 0.1) is 10.6 Å². The molecule has 1 aliphatic heterocycles. The summed E-state index contributed by atoms with van der Waals surface area (Å²) in [5.74, 6) is 0.00481. The van der Waals surface area contributed by atoms with E-state index in [9.17, 15) is 4.79 Å². The molecule has 1 amide bonds. The summed E-state index contributed by atoms with van der Waals surface area (Å²) in [6.07, 6.45) is 4.12. The topological polar surface area (TPSA) is 36.4 Å². The second-order valence-electron chi connectivity index (χ2n) is 4.82. The van der Waals surface area contributed by atoms with E-state index in [1.54, 1.807) is 12.3 Å². The molecule has 1 fully saturated rings. The summed E-state index contributed by atoms with van der Waals surface area (Å²) in [4.78, 5) is 20.6. The average molecular weight is 268 g/mol. The highest BCUT2D eigenvalue weighted by Gasteiger charge is 2.25. The van der Waals surface area contributed by atoms with Gasteiger partial charge in [-0.15, -0.1) is 0 Å².